The Hall–Kier alpha value is -3.09. The highest BCUT2D eigenvalue weighted by molar-refractivity contribution is 7.90. The maximum atomic E-state index is 14.7. The summed E-state index contributed by atoms with van der Waals surface area (Å²) in [5.41, 5.74) is 1.36. The second-order valence-electron chi connectivity index (χ2n) is 6.16. The lowest BCUT2D eigenvalue weighted by atomic mass is 9.96. The van der Waals surface area contributed by atoms with E-state index in [1.54, 1.807) is 25.1 Å². The average Bonchev–Trinajstić information content (AvgIpc) is 3.06. The van der Waals surface area contributed by atoms with Gasteiger partial charge in [-0.3, -0.25) is 0 Å². The van der Waals surface area contributed by atoms with Crippen LogP contribution in [0.15, 0.2) is 39.8 Å². The van der Waals surface area contributed by atoms with E-state index < -0.39 is 33.0 Å². The molecule has 3 aromatic rings. The molecule has 3 rings (SSSR count). The van der Waals surface area contributed by atoms with Gasteiger partial charge in [0.05, 0.1) is 17.2 Å². The molecule has 9 heteroatoms. The number of sulfone groups is 1. The Morgan fingerprint density at radius 2 is 1.93 bits per heavy atom. The van der Waals surface area contributed by atoms with Crippen LogP contribution in [0.2, 0.25) is 0 Å². The number of nitrogens with zero attached hydrogens (tertiary/aromatic N) is 2. The van der Waals surface area contributed by atoms with Gasteiger partial charge in [0.15, 0.2) is 15.6 Å². The van der Waals surface area contributed by atoms with Crippen LogP contribution in [0.4, 0.5) is 8.78 Å². The summed E-state index contributed by atoms with van der Waals surface area (Å²) in [6, 6.07) is 8.08. The fraction of sp³-hybridized carbons (Fsp3) is 0.158. The molecule has 0 fully saturated rings. The average molecular weight is 404 g/mol. The highest BCUT2D eigenvalue weighted by atomic mass is 32.2. The van der Waals surface area contributed by atoms with Crippen LogP contribution < -0.4 is 0 Å². The Bertz CT molecular complexity index is 1230. The first-order valence-electron chi connectivity index (χ1n) is 7.97. The second kappa shape index (κ2) is 7.14. The summed E-state index contributed by atoms with van der Waals surface area (Å²) < 4.78 is 57.4. The largest absolute Gasteiger partial charge is 0.388 e. The number of aliphatic hydroxyl groups excluding tert-OH is 1. The topological polar surface area (TPSA) is 104 Å². The van der Waals surface area contributed by atoms with E-state index in [2.05, 4.69) is 5.16 Å². The third-order valence-electron chi connectivity index (χ3n) is 4.22. The first-order valence-corrected chi connectivity index (χ1v) is 9.86. The molecule has 0 bridgehead atoms. The molecule has 1 aromatic heterocycles. The summed E-state index contributed by atoms with van der Waals surface area (Å²) in [6.45, 7) is 1.07. The van der Waals surface area contributed by atoms with Crippen molar-refractivity contribution in [2.24, 2.45) is 0 Å². The van der Waals surface area contributed by atoms with Crippen molar-refractivity contribution in [1.82, 2.24) is 5.16 Å². The number of rotatable bonds is 4. The number of aromatic nitrogens is 1. The molecule has 1 N–H and O–H groups in total. The first kappa shape index (κ1) is 19.7. The third-order valence-corrected chi connectivity index (χ3v) is 5.33. The van der Waals surface area contributed by atoms with E-state index in [1.807, 2.05) is 6.07 Å². The monoisotopic (exact) mass is 404 g/mol. The summed E-state index contributed by atoms with van der Waals surface area (Å²) in [6.07, 6.45) is 0.772. The summed E-state index contributed by atoms with van der Waals surface area (Å²) in [5, 5.41) is 22.4. The number of aliphatic hydroxyl groups is 1. The van der Waals surface area contributed by atoms with Crippen molar-refractivity contribution in [3.8, 4) is 28.5 Å². The highest BCUT2D eigenvalue weighted by Gasteiger charge is 2.25. The van der Waals surface area contributed by atoms with Crippen LogP contribution in [0.5, 0.6) is 0 Å². The van der Waals surface area contributed by atoms with Crippen molar-refractivity contribution in [2.45, 2.75) is 18.4 Å². The molecule has 0 aliphatic heterocycles. The molecular formula is C19H14F2N2O4S. The Labute approximate surface area is 159 Å². The van der Waals surface area contributed by atoms with Crippen LogP contribution in [0.1, 0.15) is 16.9 Å². The maximum Gasteiger partial charge on any atom is 0.178 e. The Morgan fingerprint density at radius 1 is 1.21 bits per heavy atom. The zero-order valence-electron chi connectivity index (χ0n) is 14.8. The molecule has 0 unspecified atom stereocenters. The van der Waals surface area contributed by atoms with E-state index in [-0.39, 0.29) is 22.6 Å². The van der Waals surface area contributed by atoms with E-state index in [4.69, 9.17) is 9.78 Å². The van der Waals surface area contributed by atoms with E-state index in [0.29, 0.717) is 22.8 Å². The predicted molar refractivity (Wildman–Crippen MR) is 95.8 cm³/mol. The zero-order chi connectivity index (χ0) is 20.6. The van der Waals surface area contributed by atoms with E-state index in [0.717, 1.165) is 12.3 Å². The minimum Gasteiger partial charge on any atom is -0.388 e. The van der Waals surface area contributed by atoms with Gasteiger partial charge in [0.1, 0.15) is 28.8 Å². The lowest BCUT2D eigenvalue weighted by Crippen LogP contribution is -2.03. The van der Waals surface area contributed by atoms with Gasteiger partial charge >= 0.3 is 0 Å². The number of benzene rings is 2. The number of aryl methyl sites for hydroxylation is 1. The molecule has 0 atom stereocenters. The summed E-state index contributed by atoms with van der Waals surface area (Å²) in [4.78, 5) is -0.772. The van der Waals surface area contributed by atoms with Crippen molar-refractivity contribution >= 4 is 9.84 Å². The Balaban J connectivity index is 2.27. The molecule has 0 saturated carbocycles. The lowest BCUT2D eigenvalue weighted by molar-refractivity contribution is 0.230. The number of halogens is 2. The van der Waals surface area contributed by atoms with Crippen molar-refractivity contribution in [1.29, 1.82) is 5.26 Å². The van der Waals surface area contributed by atoms with Gasteiger partial charge in [0, 0.05) is 17.4 Å². The van der Waals surface area contributed by atoms with Gasteiger partial charge in [-0.15, -0.1) is 0 Å². The fourth-order valence-corrected chi connectivity index (χ4v) is 3.58. The summed E-state index contributed by atoms with van der Waals surface area (Å²) in [7, 11) is -3.97. The SMILES string of the molecule is Cc1cc(-c2noc(CO)c2-c2cc(F)c(S(C)(=O)=O)cc2F)ccc1C#N. The van der Waals surface area contributed by atoms with Crippen LogP contribution in [-0.4, -0.2) is 24.9 Å². The van der Waals surface area contributed by atoms with Gasteiger partial charge in [-0.05, 0) is 36.8 Å². The molecule has 28 heavy (non-hydrogen) atoms. The number of hydrogen-bond acceptors (Lipinski definition) is 6. The van der Waals surface area contributed by atoms with Crippen molar-refractivity contribution in [2.75, 3.05) is 6.26 Å². The second-order valence-corrected chi connectivity index (χ2v) is 8.15. The maximum absolute atomic E-state index is 14.7. The molecule has 0 aliphatic rings. The van der Waals surface area contributed by atoms with E-state index in [1.165, 1.54) is 0 Å². The van der Waals surface area contributed by atoms with Gasteiger partial charge in [0.25, 0.3) is 0 Å². The van der Waals surface area contributed by atoms with E-state index in [9.17, 15) is 22.3 Å². The van der Waals surface area contributed by atoms with Gasteiger partial charge in [-0.2, -0.15) is 5.26 Å². The molecule has 2 aromatic carbocycles. The predicted octanol–water partition coefficient (Wildman–Crippen LogP) is 3.36. The number of nitriles is 1. The van der Waals surface area contributed by atoms with Gasteiger partial charge in [0.2, 0.25) is 0 Å². The quantitative estimate of drug-likeness (QED) is 0.715. The van der Waals surface area contributed by atoms with Crippen LogP contribution in [0.3, 0.4) is 0 Å². The lowest BCUT2D eigenvalue weighted by Gasteiger charge is -2.09. The van der Waals surface area contributed by atoms with Crippen LogP contribution in [0, 0.1) is 29.9 Å². The minimum atomic E-state index is -3.97. The van der Waals surface area contributed by atoms with Crippen LogP contribution in [0.25, 0.3) is 22.4 Å². The summed E-state index contributed by atoms with van der Waals surface area (Å²) in [5.74, 6) is -2.25. The van der Waals surface area contributed by atoms with Gasteiger partial charge < -0.3 is 9.63 Å². The number of hydrogen-bond donors (Lipinski definition) is 1. The standard InChI is InChI=1S/C19H14F2N2O4S/c1-10-5-11(3-4-12(10)8-22)19-18(16(9-24)27-23-19)13-6-15(21)17(7-14(13)20)28(2,25)26/h3-7,24H,9H2,1-2H3. The Kier molecular flexibility index (Phi) is 5.02. The molecule has 0 spiro atoms. The molecular weight excluding hydrogens is 390 g/mol. The van der Waals surface area contributed by atoms with Gasteiger partial charge in [-0.25, -0.2) is 17.2 Å². The molecule has 6 nitrogen and oxygen atoms in total. The Morgan fingerprint density at radius 3 is 2.50 bits per heavy atom. The molecule has 0 saturated heterocycles. The van der Waals surface area contributed by atoms with Crippen LogP contribution in [-0.2, 0) is 16.4 Å². The van der Waals surface area contributed by atoms with E-state index >= 15 is 0 Å². The van der Waals surface area contributed by atoms with Crippen LogP contribution >= 0.6 is 0 Å². The first-order chi connectivity index (χ1) is 13.2. The fourth-order valence-electron chi connectivity index (χ4n) is 2.85. The molecule has 0 radical (unpaired) electrons. The molecule has 0 aliphatic carbocycles. The highest BCUT2D eigenvalue weighted by Crippen LogP contribution is 2.38. The summed E-state index contributed by atoms with van der Waals surface area (Å²) >= 11 is 0. The molecule has 1 heterocycles. The van der Waals surface area contributed by atoms with Gasteiger partial charge in [-0.1, -0.05) is 11.2 Å². The molecule has 0 amide bonds. The van der Waals surface area contributed by atoms with Crippen molar-refractivity contribution in [3.63, 3.8) is 0 Å². The van der Waals surface area contributed by atoms with Crippen molar-refractivity contribution in [3.05, 3.63) is 58.9 Å². The third kappa shape index (κ3) is 3.40. The smallest absolute Gasteiger partial charge is 0.178 e. The van der Waals surface area contributed by atoms with Crippen molar-refractivity contribution < 1.29 is 26.8 Å². The normalized spacial score (nSPS) is 11.4. The molecule has 144 valence electrons. The minimum absolute atomic E-state index is 0.00283. The zero-order valence-corrected chi connectivity index (χ0v) is 15.6.